The first kappa shape index (κ1) is 19.1. The van der Waals surface area contributed by atoms with Crippen LogP contribution in [0.15, 0.2) is 48.5 Å². The highest BCUT2D eigenvalue weighted by Crippen LogP contribution is 2.10. The molecule has 2 aromatic carbocycles. The monoisotopic (exact) mass is 360 g/mol. The highest BCUT2D eigenvalue weighted by atomic mass is 32.2. The van der Waals surface area contributed by atoms with E-state index in [0.717, 1.165) is 16.7 Å². The third kappa shape index (κ3) is 5.69. The molecule has 0 fully saturated rings. The molecule has 0 saturated heterocycles. The smallest absolute Gasteiger partial charge is 0.251 e. The molecule has 0 aliphatic carbocycles. The van der Waals surface area contributed by atoms with Crippen LogP contribution in [0.1, 0.15) is 27.0 Å². The average molecular weight is 360 g/mol. The van der Waals surface area contributed by atoms with Gasteiger partial charge < -0.3 is 5.32 Å². The lowest BCUT2D eigenvalue weighted by Crippen LogP contribution is -2.37. The van der Waals surface area contributed by atoms with Gasteiger partial charge in [-0.1, -0.05) is 48.0 Å². The second-order valence-corrected chi connectivity index (χ2v) is 8.14. The zero-order valence-corrected chi connectivity index (χ0v) is 15.6. The van der Waals surface area contributed by atoms with Crippen LogP contribution < -0.4 is 5.32 Å². The van der Waals surface area contributed by atoms with Crippen molar-refractivity contribution in [3.63, 3.8) is 0 Å². The Morgan fingerprint density at radius 3 is 2.44 bits per heavy atom. The van der Waals surface area contributed by atoms with Gasteiger partial charge in [0.15, 0.2) is 0 Å². The van der Waals surface area contributed by atoms with Crippen molar-refractivity contribution in [3.05, 3.63) is 70.8 Å². The van der Waals surface area contributed by atoms with Gasteiger partial charge in [-0.05, 0) is 31.0 Å². The minimum Gasteiger partial charge on any atom is -0.351 e. The number of carbonyl (C=O) groups is 1. The van der Waals surface area contributed by atoms with Gasteiger partial charge in [0.25, 0.3) is 5.91 Å². The maximum absolute atomic E-state index is 12.2. The number of sulfonamides is 1. The predicted octanol–water partition coefficient (Wildman–Crippen LogP) is 2.50. The van der Waals surface area contributed by atoms with E-state index < -0.39 is 10.0 Å². The molecule has 0 saturated carbocycles. The van der Waals surface area contributed by atoms with E-state index in [9.17, 15) is 13.2 Å². The summed E-state index contributed by atoms with van der Waals surface area (Å²) in [5.74, 6) is -0.192. The van der Waals surface area contributed by atoms with E-state index >= 15 is 0 Å². The number of benzene rings is 2. The van der Waals surface area contributed by atoms with Gasteiger partial charge in [0.1, 0.15) is 0 Å². The SMILES string of the molecule is Cc1cccc(CN(CCNC(=O)c2ccccc2C)S(C)(=O)=O)c1. The fourth-order valence-electron chi connectivity index (χ4n) is 2.59. The van der Waals surface area contributed by atoms with Crippen molar-refractivity contribution in [2.24, 2.45) is 0 Å². The van der Waals surface area contributed by atoms with Crippen LogP contribution in [0, 0.1) is 13.8 Å². The van der Waals surface area contributed by atoms with Gasteiger partial charge in [0, 0.05) is 25.2 Å². The van der Waals surface area contributed by atoms with Crippen molar-refractivity contribution in [2.75, 3.05) is 19.3 Å². The molecule has 2 aromatic rings. The van der Waals surface area contributed by atoms with E-state index in [1.54, 1.807) is 6.07 Å². The van der Waals surface area contributed by atoms with Gasteiger partial charge in [-0.2, -0.15) is 4.31 Å². The lowest BCUT2D eigenvalue weighted by atomic mass is 10.1. The molecule has 2 rings (SSSR count). The molecule has 6 heteroatoms. The first-order valence-electron chi connectivity index (χ1n) is 8.12. The van der Waals surface area contributed by atoms with Gasteiger partial charge in [0.2, 0.25) is 10.0 Å². The number of nitrogens with one attached hydrogen (secondary N) is 1. The zero-order valence-electron chi connectivity index (χ0n) is 14.8. The van der Waals surface area contributed by atoms with Gasteiger partial charge in [-0.3, -0.25) is 4.79 Å². The number of carbonyl (C=O) groups excluding carboxylic acids is 1. The van der Waals surface area contributed by atoms with Gasteiger partial charge in [0.05, 0.1) is 6.26 Å². The van der Waals surface area contributed by atoms with Crippen LogP contribution in [0.5, 0.6) is 0 Å². The van der Waals surface area contributed by atoms with Crippen molar-refractivity contribution < 1.29 is 13.2 Å². The molecule has 134 valence electrons. The molecule has 0 spiro atoms. The quantitative estimate of drug-likeness (QED) is 0.825. The number of hydrogen-bond acceptors (Lipinski definition) is 3. The van der Waals surface area contributed by atoms with Crippen molar-refractivity contribution in [1.82, 2.24) is 9.62 Å². The van der Waals surface area contributed by atoms with Crippen LogP contribution in [0.2, 0.25) is 0 Å². The molecule has 5 nitrogen and oxygen atoms in total. The number of amides is 1. The number of nitrogens with zero attached hydrogens (tertiary/aromatic N) is 1. The van der Waals surface area contributed by atoms with E-state index in [1.165, 1.54) is 10.6 Å². The normalized spacial score (nSPS) is 11.5. The summed E-state index contributed by atoms with van der Waals surface area (Å²) in [6.07, 6.45) is 1.19. The maximum atomic E-state index is 12.2. The van der Waals surface area contributed by atoms with Crippen molar-refractivity contribution in [1.29, 1.82) is 0 Å². The lowest BCUT2D eigenvalue weighted by Gasteiger charge is -2.20. The van der Waals surface area contributed by atoms with Crippen LogP contribution in [0.3, 0.4) is 0 Å². The summed E-state index contributed by atoms with van der Waals surface area (Å²) in [5, 5.41) is 2.79. The van der Waals surface area contributed by atoms with E-state index in [1.807, 2.05) is 56.3 Å². The molecule has 0 atom stereocenters. The molecule has 0 aliphatic heterocycles. The summed E-state index contributed by atoms with van der Waals surface area (Å²) in [4.78, 5) is 12.2. The van der Waals surface area contributed by atoms with Gasteiger partial charge in [-0.25, -0.2) is 8.42 Å². The van der Waals surface area contributed by atoms with Crippen molar-refractivity contribution >= 4 is 15.9 Å². The molecule has 0 heterocycles. The Morgan fingerprint density at radius 2 is 1.80 bits per heavy atom. The molecular weight excluding hydrogens is 336 g/mol. The molecular formula is C19H24N2O3S. The van der Waals surface area contributed by atoms with Crippen molar-refractivity contribution in [2.45, 2.75) is 20.4 Å². The molecule has 0 aromatic heterocycles. The van der Waals surface area contributed by atoms with E-state index in [-0.39, 0.29) is 19.0 Å². The van der Waals surface area contributed by atoms with Gasteiger partial charge >= 0.3 is 0 Å². The fraction of sp³-hybridized carbons (Fsp3) is 0.316. The van der Waals surface area contributed by atoms with Gasteiger partial charge in [-0.15, -0.1) is 0 Å². The van der Waals surface area contributed by atoms with Crippen LogP contribution >= 0.6 is 0 Å². The van der Waals surface area contributed by atoms with Crippen LogP contribution in [-0.2, 0) is 16.6 Å². The van der Waals surface area contributed by atoms with E-state index in [4.69, 9.17) is 0 Å². The Kier molecular flexibility index (Phi) is 6.33. The van der Waals surface area contributed by atoms with E-state index in [2.05, 4.69) is 5.32 Å². The van der Waals surface area contributed by atoms with Crippen LogP contribution in [0.4, 0.5) is 0 Å². The average Bonchev–Trinajstić information content (AvgIpc) is 2.53. The minimum atomic E-state index is -3.36. The lowest BCUT2D eigenvalue weighted by molar-refractivity contribution is 0.0951. The highest BCUT2D eigenvalue weighted by molar-refractivity contribution is 7.88. The Hall–Kier alpha value is -2.18. The van der Waals surface area contributed by atoms with Crippen LogP contribution in [-0.4, -0.2) is 38.0 Å². The summed E-state index contributed by atoms with van der Waals surface area (Å²) in [7, 11) is -3.36. The molecule has 25 heavy (non-hydrogen) atoms. The molecule has 0 aliphatic rings. The summed E-state index contributed by atoms with van der Waals surface area (Å²) in [5.41, 5.74) is 3.50. The first-order valence-corrected chi connectivity index (χ1v) is 9.96. The third-order valence-corrected chi connectivity index (χ3v) is 5.20. The Morgan fingerprint density at radius 1 is 1.08 bits per heavy atom. The third-order valence-electron chi connectivity index (χ3n) is 3.95. The summed E-state index contributed by atoms with van der Waals surface area (Å²) in [6.45, 7) is 4.61. The highest BCUT2D eigenvalue weighted by Gasteiger charge is 2.17. The molecule has 0 radical (unpaired) electrons. The Balaban J connectivity index is 1.99. The van der Waals surface area contributed by atoms with Crippen LogP contribution in [0.25, 0.3) is 0 Å². The van der Waals surface area contributed by atoms with E-state index in [0.29, 0.717) is 12.1 Å². The summed E-state index contributed by atoms with van der Waals surface area (Å²) in [6, 6.07) is 15.0. The second-order valence-electron chi connectivity index (χ2n) is 6.16. The fourth-order valence-corrected chi connectivity index (χ4v) is 3.40. The summed E-state index contributed by atoms with van der Waals surface area (Å²) >= 11 is 0. The topological polar surface area (TPSA) is 66.5 Å². The molecule has 0 unspecified atom stereocenters. The standard InChI is InChI=1S/C19H24N2O3S/c1-15-7-6-9-17(13-15)14-21(25(3,23)24)12-11-20-19(22)18-10-5-4-8-16(18)2/h4-10,13H,11-12,14H2,1-3H3,(H,20,22). The largest absolute Gasteiger partial charge is 0.351 e. The molecule has 1 amide bonds. The minimum absolute atomic E-state index is 0.192. The Bertz CT molecular complexity index is 847. The first-order chi connectivity index (χ1) is 11.8. The predicted molar refractivity (Wildman–Crippen MR) is 99.9 cm³/mol. The second kappa shape index (κ2) is 8.27. The number of aryl methyl sites for hydroxylation is 2. The number of hydrogen-bond donors (Lipinski definition) is 1. The molecule has 1 N–H and O–H groups in total. The Labute approximate surface area is 149 Å². The number of rotatable bonds is 7. The zero-order chi connectivity index (χ0) is 18.4. The molecule has 0 bridgehead atoms. The maximum Gasteiger partial charge on any atom is 0.251 e. The summed E-state index contributed by atoms with van der Waals surface area (Å²) < 4.78 is 25.4. The van der Waals surface area contributed by atoms with Crippen molar-refractivity contribution in [3.8, 4) is 0 Å².